The van der Waals surface area contributed by atoms with Crippen LogP contribution in [0.25, 0.3) is 11.1 Å². The quantitative estimate of drug-likeness (QED) is 0.630. The zero-order chi connectivity index (χ0) is 21.4. The highest BCUT2D eigenvalue weighted by molar-refractivity contribution is 7.92. The molecule has 0 unspecified atom stereocenters. The Morgan fingerprint density at radius 1 is 1.07 bits per heavy atom. The van der Waals surface area contributed by atoms with Crippen LogP contribution >= 0.6 is 0 Å². The van der Waals surface area contributed by atoms with Crippen molar-refractivity contribution in [1.29, 1.82) is 0 Å². The van der Waals surface area contributed by atoms with Gasteiger partial charge in [0.05, 0.1) is 17.6 Å². The van der Waals surface area contributed by atoms with Gasteiger partial charge in [0.25, 0.3) is 10.0 Å². The van der Waals surface area contributed by atoms with Gasteiger partial charge in [-0.15, -0.1) is 0 Å². The van der Waals surface area contributed by atoms with Crippen LogP contribution in [0.2, 0.25) is 0 Å². The molecule has 10 heteroatoms. The number of rotatable bonds is 5. The number of aromatic amines is 1. The second-order valence-electron chi connectivity index (χ2n) is 6.38. The molecule has 3 rings (SSSR count). The van der Waals surface area contributed by atoms with Gasteiger partial charge in [0, 0.05) is 0 Å². The van der Waals surface area contributed by atoms with Crippen molar-refractivity contribution in [3.63, 3.8) is 0 Å². The van der Waals surface area contributed by atoms with E-state index in [4.69, 9.17) is 4.74 Å². The lowest BCUT2D eigenvalue weighted by molar-refractivity contribution is -0.140. The fourth-order valence-electron chi connectivity index (χ4n) is 3.10. The number of hydrogen-bond donors (Lipinski definition) is 2. The number of nitrogens with one attached hydrogen (secondary N) is 2. The molecule has 0 aliphatic carbocycles. The van der Waals surface area contributed by atoms with E-state index in [2.05, 4.69) is 9.82 Å². The highest BCUT2D eigenvalue weighted by Gasteiger charge is 2.38. The molecule has 2 aromatic carbocycles. The van der Waals surface area contributed by atoms with E-state index in [0.717, 1.165) is 0 Å². The van der Waals surface area contributed by atoms with E-state index in [1.165, 1.54) is 43.5 Å². The molecule has 29 heavy (non-hydrogen) atoms. The number of benzene rings is 2. The summed E-state index contributed by atoms with van der Waals surface area (Å²) in [4.78, 5) is -0.0930. The normalized spacial score (nSPS) is 12.1. The topological polar surface area (TPSA) is 84.1 Å². The zero-order valence-corrected chi connectivity index (χ0v) is 16.6. The Balaban J connectivity index is 2.18. The third-order valence-electron chi connectivity index (χ3n) is 4.29. The molecule has 0 saturated carbocycles. The van der Waals surface area contributed by atoms with E-state index < -0.39 is 27.7 Å². The maximum Gasteiger partial charge on any atom is 0.433 e. The summed E-state index contributed by atoms with van der Waals surface area (Å²) < 4.78 is 73.4. The molecule has 0 fully saturated rings. The van der Waals surface area contributed by atoms with Crippen molar-refractivity contribution in [2.24, 2.45) is 0 Å². The molecule has 0 bridgehead atoms. The molecule has 0 atom stereocenters. The molecular formula is C19H18F3N3O3S. The second kappa shape index (κ2) is 7.43. The predicted octanol–water partition coefficient (Wildman–Crippen LogP) is 4.52. The van der Waals surface area contributed by atoms with Crippen molar-refractivity contribution >= 4 is 15.8 Å². The van der Waals surface area contributed by atoms with E-state index in [-0.39, 0.29) is 16.0 Å². The fourth-order valence-corrected chi connectivity index (χ4v) is 4.14. The van der Waals surface area contributed by atoms with Gasteiger partial charge in [0.15, 0.2) is 5.82 Å². The summed E-state index contributed by atoms with van der Waals surface area (Å²) in [5.41, 5.74) is -0.159. The third-order valence-corrected chi connectivity index (χ3v) is 5.64. The van der Waals surface area contributed by atoms with Crippen molar-refractivity contribution in [2.45, 2.75) is 24.9 Å². The predicted molar refractivity (Wildman–Crippen MR) is 102 cm³/mol. The van der Waals surface area contributed by atoms with Crippen LogP contribution in [0.15, 0.2) is 47.4 Å². The van der Waals surface area contributed by atoms with Gasteiger partial charge in [-0.05, 0) is 54.8 Å². The first-order valence-corrected chi connectivity index (χ1v) is 9.92. The Morgan fingerprint density at radius 2 is 1.66 bits per heavy atom. The number of hydrogen-bond acceptors (Lipinski definition) is 4. The summed E-state index contributed by atoms with van der Waals surface area (Å²) in [7, 11) is -2.67. The van der Waals surface area contributed by atoms with Gasteiger partial charge in [0.2, 0.25) is 0 Å². The number of H-pyrrole nitrogens is 1. The average Bonchev–Trinajstić information content (AvgIpc) is 3.05. The lowest BCUT2D eigenvalue weighted by Gasteiger charge is -2.14. The zero-order valence-electron chi connectivity index (χ0n) is 15.8. The molecule has 0 saturated heterocycles. The minimum atomic E-state index is -4.76. The van der Waals surface area contributed by atoms with Crippen LogP contribution in [0, 0.1) is 13.8 Å². The number of halogens is 3. The maximum atomic E-state index is 13.6. The molecule has 3 aromatic rings. The summed E-state index contributed by atoms with van der Waals surface area (Å²) in [6.07, 6.45) is -4.76. The monoisotopic (exact) mass is 425 g/mol. The number of anilines is 1. The van der Waals surface area contributed by atoms with Crippen LogP contribution in [0.3, 0.4) is 0 Å². The lowest BCUT2D eigenvalue weighted by atomic mass is 9.99. The van der Waals surface area contributed by atoms with Gasteiger partial charge in [-0.1, -0.05) is 18.2 Å². The first-order chi connectivity index (χ1) is 13.5. The average molecular weight is 425 g/mol. The molecule has 1 aromatic heterocycles. The van der Waals surface area contributed by atoms with Gasteiger partial charge in [-0.25, -0.2) is 8.42 Å². The van der Waals surface area contributed by atoms with E-state index >= 15 is 0 Å². The number of aromatic nitrogens is 2. The molecule has 1 heterocycles. The van der Waals surface area contributed by atoms with E-state index in [1.807, 2.05) is 5.10 Å². The van der Waals surface area contributed by atoms with Crippen molar-refractivity contribution in [1.82, 2.24) is 10.2 Å². The van der Waals surface area contributed by atoms with Crippen LogP contribution in [0.1, 0.15) is 16.8 Å². The summed E-state index contributed by atoms with van der Waals surface area (Å²) in [5, 5.41) is 5.53. The summed E-state index contributed by atoms with van der Waals surface area (Å²) >= 11 is 0. The van der Waals surface area contributed by atoms with E-state index in [0.29, 0.717) is 16.9 Å². The number of aryl methyl sites for hydroxylation is 2. The van der Waals surface area contributed by atoms with Gasteiger partial charge in [-0.2, -0.15) is 18.3 Å². The molecule has 0 amide bonds. The summed E-state index contributed by atoms with van der Waals surface area (Å²) in [6, 6.07) is 10.3. The minimum absolute atomic E-state index is 0.0930. The van der Waals surface area contributed by atoms with Crippen molar-refractivity contribution in [3.05, 3.63) is 59.3 Å². The summed E-state index contributed by atoms with van der Waals surface area (Å²) in [6.45, 7) is 3.38. The lowest BCUT2D eigenvalue weighted by Crippen LogP contribution is -2.14. The number of methoxy groups -OCH3 is 1. The Hall–Kier alpha value is -3.01. The van der Waals surface area contributed by atoms with E-state index in [1.54, 1.807) is 19.9 Å². The third kappa shape index (κ3) is 4.07. The Kier molecular flexibility index (Phi) is 5.31. The second-order valence-corrected chi connectivity index (χ2v) is 8.06. The number of nitrogens with zero attached hydrogens (tertiary/aromatic N) is 1. The van der Waals surface area contributed by atoms with Gasteiger partial charge in [0.1, 0.15) is 11.4 Å². The van der Waals surface area contributed by atoms with Crippen LogP contribution in [0.4, 0.5) is 19.0 Å². The molecule has 154 valence electrons. The standard InChI is InChI=1S/C19H18F3N3O3S/c1-11-9-13(10-12(2)16(11)28-3)15-17(19(20,21)22)23-24-18(15)25-29(26,27)14-7-5-4-6-8-14/h4-10H,1-3H3,(H2,23,24,25). The Labute approximate surface area is 165 Å². The first kappa shape index (κ1) is 20.7. The van der Waals surface area contributed by atoms with Crippen LogP contribution in [-0.2, 0) is 16.2 Å². The first-order valence-electron chi connectivity index (χ1n) is 8.43. The van der Waals surface area contributed by atoms with Crippen molar-refractivity contribution in [2.75, 3.05) is 11.8 Å². The SMILES string of the molecule is COc1c(C)cc(-c2c(NS(=O)(=O)c3ccccc3)n[nH]c2C(F)(F)F)cc1C. The van der Waals surface area contributed by atoms with Gasteiger partial charge >= 0.3 is 6.18 Å². The number of alkyl halides is 3. The van der Waals surface area contributed by atoms with Gasteiger partial charge < -0.3 is 4.74 Å². The smallest absolute Gasteiger partial charge is 0.433 e. The largest absolute Gasteiger partial charge is 0.496 e. The molecule has 0 aliphatic rings. The van der Waals surface area contributed by atoms with E-state index in [9.17, 15) is 21.6 Å². The minimum Gasteiger partial charge on any atom is -0.496 e. The highest BCUT2D eigenvalue weighted by Crippen LogP contribution is 2.42. The molecule has 0 spiro atoms. The molecule has 0 radical (unpaired) electrons. The molecule has 0 aliphatic heterocycles. The molecule has 2 N–H and O–H groups in total. The molecular weight excluding hydrogens is 407 g/mol. The molecule has 6 nitrogen and oxygen atoms in total. The Morgan fingerprint density at radius 3 is 2.17 bits per heavy atom. The van der Waals surface area contributed by atoms with Gasteiger partial charge in [-0.3, -0.25) is 9.82 Å². The van der Waals surface area contributed by atoms with Crippen LogP contribution < -0.4 is 9.46 Å². The van der Waals surface area contributed by atoms with Crippen molar-refractivity contribution in [3.8, 4) is 16.9 Å². The number of ether oxygens (including phenoxy) is 1. The number of sulfonamides is 1. The summed E-state index contributed by atoms with van der Waals surface area (Å²) in [5.74, 6) is 0.0994. The fraction of sp³-hybridized carbons (Fsp3) is 0.211. The highest BCUT2D eigenvalue weighted by atomic mass is 32.2. The van der Waals surface area contributed by atoms with Crippen LogP contribution in [0.5, 0.6) is 5.75 Å². The van der Waals surface area contributed by atoms with Crippen molar-refractivity contribution < 1.29 is 26.3 Å². The Bertz CT molecular complexity index is 1120. The maximum absolute atomic E-state index is 13.6. The van der Waals surface area contributed by atoms with Crippen LogP contribution in [-0.4, -0.2) is 25.7 Å².